The minimum atomic E-state index is -1.11. The number of carbonyl (C=O) groups is 3. The summed E-state index contributed by atoms with van der Waals surface area (Å²) in [6.45, 7) is 3.54. The van der Waals surface area contributed by atoms with Gasteiger partial charge < -0.3 is 20.5 Å². The second-order valence-corrected chi connectivity index (χ2v) is 7.79. The quantitative estimate of drug-likeness (QED) is 0.570. The second-order valence-electron chi connectivity index (χ2n) is 7.79. The Morgan fingerprint density at radius 3 is 2.13 bits per heavy atom. The zero-order valence-electron chi connectivity index (χ0n) is 17.8. The molecular weight excluding hydrogens is 396 g/mol. The molecule has 0 saturated heterocycles. The molecule has 2 aromatic rings. The van der Waals surface area contributed by atoms with Crippen molar-refractivity contribution in [3.63, 3.8) is 0 Å². The highest BCUT2D eigenvalue weighted by atomic mass is 16.5. The number of hydrogen-bond acceptors (Lipinski definition) is 4. The lowest BCUT2D eigenvalue weighted by atomic mass is 9.98. The van der Waals surface area contributed by atoms with Crippen molar-refractivity contribution in [1.82, 2.24) is 10.6 Å². The first-order chi connectivity index (χ1) is 14.9. The monoisotopic (exact) mass is 424 g/mol. The van der Waals surface area contributed by atoms with Crippen LogP contribution < -0.4 is 10.6 Å². The van der Waals surface area contributed by atoms with E-state index in [1.54, 1.807) is 0 Å². The van der Waals surface area contributed by atoms with Gasteiger partial charge in [0.25, 0.3) is 0 Å². The van der Waals surface area contributed by atoms with Gasteiger partial charge in [-0.15, -0.1) is 0 Å². The standard InChI is InChI=1S/C24H28N2O5/c1-3-8-16(13-22(27)25-15(2)23(28)29)26-24(30)31-14-21-19-11-6-4-9-17(19)18-10-5-7-12-20(18)21/h4-7,9-12,15-16,21H,3,8,13-14H2,1-2H3,(H,25,27)(H,26,30)(H,28,29)/t15?,16-/m1/s1. The van der Waals surface area contributed by atoms with Crippen LogP contribution in [0.3, 0.4) is 0 Å². The van der Waals surface area contributed by atoms with E-state index in [0.717, 1.165) is 28.7 Å². The molecule has 0 fully saturated rings. The van der Waals surface area contributed by atoms with Crippen LogP contribution in [0.4, 0.5) is 4.79 Å². The van der Waals surface area contributed by atoms with Gasteiger partial charge in [0.15, 0.2) is 0 Å². The fraction of sp³-hybridized carbons (Fsp3) is 0.375. The van der Waals surface area contributed by atoms with Crippen LogP contribution in [0.1, 0.15) is 50.2 Å². The van der Waals surface area contributed by atoms with Gasteiger partial charge in [0.2, 0.25) is 5.91 Å². The van der Waals surface area contributed by atoms with E-state index in [1.165, 1.54) is 6.92 Å². The number of fused-ring (bicyclic) bond motifs is 3. The van der Waals surface area contributed by atoms with E-state index in [9.17, 15) is 14.4 Å². The molecule has 0 radical (unpaired) electrons. The molecule has 0 bridgehead atoms. The summed E-state index contributed by atoms with van der Waals surface area (Å²) in [4.78, 5) is 35.5. The Kier molecular flexibility index (Phi) is 7.28. The van der Waals surface area contributed by atoms with Crippen molar-refractivity contribution in [2.45, 2.75) is 51.1 Å². The molecule has 1 aliphatic rings. The fourth-order valence-electron chi connectivity index (χ4n) is 3.97. The number of nitrogens with one attached hydrogen (secondary N) is 2. The highest BCUT2D eigenvalue weighted by molar-refractivity contribution is 5.84. The van der Waals surface area contributed by atoms with Crippen LogP contribution in [-0.2, 0) is 14.3 Å². The van der Waals surface area contributed by atoms with Crippen molar-refractivity contribution in [2.75, 3.05) is 6.61 Å². The first kappa shape index (κ1) is 22.3. The molecule has 3 N–H and O–H groups in total. The third kappa shape index (κ3) is 5.42. The van der Waals surface area contributed by atoms with Crippen LogP contribution in [-0.4, -0.2) is 41.8 Å². The molecule has 2 atom stereocenters. The van der Waals surface area contributed by atoms with E-state index >= 15 is 0 Å². The molecule has 31 heavy (non-hydrogen) atoms. The summed E-state index contributed by atoms with van der Waals surface area (Å²) in [5.41, 5.74) is 4.56. The van der Waals surface area contributed by atoms with Crippen molar-refractivity contribution in [1.29, 1.82) is 0 Å². The van der Waals surface area contributed by atoms with Gasteiger partial charge in [-0.05, 0) is 35.6 Å². The van der Waals surface area contributed by atoms with Crippen LogP contribution in [0.15, 0.2) is 48.5 Å². The molecule has 0 heterocycles. The van der Waals surface area contributed by atoms with Gasteiger partial charge in [-0.25, -0.2) is 4.79 Å². The Balaban J connectivity index is 1.59. The lowest BCUT2D eigenvalue weighted by Gasteiger charge is -2.20. The van der Waals surface area contributed by atoms with Crippen molar-refractivity contribution in [2.24, 2.45) is 0 Å². The average molecular weight is 424 g/mol. The molecule has 7 nitrogen and oxygen atoms in total. The van der Waals surface area contributed by atoms with Crippen LogP contribution in [0.2, 0.25) is 0 Å². The third-order valence-electron chi connectivity index (χ3n) is 5.48. The van der Waals surface area contributed by atoms with Gasteiger partial charge in [0.05, 0.1) is 0 Å². The molecule has 1 aliphatic carbocycles. The largest absolute Gasteiger partial charge is 0.480 e. The van der Waals surface area contributed by atoms with Crippen molar-refractivity contribution in [3.8, 4) is 11.1 Å². The van der Waals surface area contributed by atoms with E-state index in [2.05, 4.69) is 34.9 Å². The average Bonchev–Trinajstić information content (AvgIpc) is 3.06. The fourth-order valence-corrected chi connectivity index (χ4v) is 3.97. The maximum Gasteiger partial charge on any atom is 0.407 e. The molecular formula is C24H28N2O5. The lowest BCUT2D eigenvalue weighted by Crippen LogP contribution is -2.43. The summed E-state index contributed by atoms with van der Waals surface area (Å²) in [6, 6.07) is 14.8. The summed E-state index contributed by atoms with van der Waals surface area (Å²) < 4.78 is 5.54. The maximum absolute atomic E-state index is 12.5. The normalized spacial score (nSPS) is 14.1. The minimum absolute atomic E-state index is 0.00431. The third-order valence-corrected chi connectivity index (χ3v) is 5.48. The highest BCUT2D eigenvalue weighted by Gasteiger charge is 2.29. The number of carboxylic acid groups (broad SMARTS) is 1. The zero-order chi connectivity index (χ0) is 22.4. The molecule has 0 saturated carbocycles. The van der Waals surface area contributed by atoms with Crippen LogP contribution in [0, 0.1) is 0 Å². The van der Waals surface area contributed by atoms with E-state index in [-0.39, 0.29) is 18.9 Å². The SMILES string of the molecule is CCC[C@H](CC(=O)NC(C)C(=O)O)NC(=O)OCC1c2ccccc2-c2ccccc21. The maximum atomic E-state index is 12.5. The van der Waals surface area contributed by atoms with Gasteiger partial charge in [-0.3, -0.25) is 9.59 Å². The summed E-state index contributed by atoms with van der Waals surface area (Å²) in [7, 11) is 0. The van der Waals surface area contributed by atoms with Gasteiger partial charge in [-0.2, -0.15) is 0 Å². The molecule has 7 heteroatoms. The second kappa shape index (κ2) is 10.1. The Morgan fingerprint density at radius 1 is 1.00 bits per heavy atom. The lowest BCUT2D eigenvalue weighted by molar-refractivity contribution is -0.141. The van der Waals surface area contributed by atoms with Crippen molar-refractivity contribution >= 4 is 18.0 Å². The molecule has 164 valence electrons. The van der Waals surface area contributed by atoms with Crippen molar-refractivity contribution in [3.05, 3.63) is 59.7 Å². The molecule has 3 rings (SSSR count). The number of benzene rings is 2. The van der Waals surface area contributed by atoms with Gasteiger partial charge in [0, 0.05) is 18.4 Å². The zero-order valence-corrected chi connectivity index (χ0v) is 17.8. The predicted molar refractivity (Wildman–Crippen MR) is 117 cm³/mol. The van der Waals surface area contributed by atoms with E-state index in [1.807, 2.05) is 31.2 Å². The smallest absolute Gasteiger partial charge is 0.407 e. The molecule has 0 spiro atoms. The van der Waals surface area contributed by atoms with Crippen LogP contribution >= 0.6 is 0 Å². The van der Waals surface area contributed by atoms with Gasteiger partial charge in [-0.1, -0.05) is 61.9 Å². The first-order valence-electron chi connectivity index (χ1n) is 10.5. The molecule has 1 unspecified atom stereocenters. The number of amides is 2. The van der Waals surface area contributed by atoms with E-state index in [0.29, 0.717) is 6.42 Å². The van der Waals surface area contributed by atoms with E-state index in [4.69, 9.17) is 9.84 Å². The molecule has 2 aromatic carbocycles. The number of rotatable bonds is 9. The minimum Gasteiger partial charge on any atom is -0.480 e. The topological polar surface area (TPSA) is 105 Å². The van der Waals surface area contributed by atoms with Crippen LogP contribution in [0.5, 0.6) is 0 Å². The predicted octanol–water partition coefficient (Wildman–Crippen LogP) is 3.67. The Hall–Kier alpha value is -3.35. The van der Waals surface area contributed by atoms with Crippen molar-refractivity contribution < 1.29 is 24.2 Å². The number of hydrogen-bond donors (Lipinski definition) is 3. The number of aliphatic carboxylic acids is 1. The van der Waals surface area contributed by atoms with Crippen LogP contribution in [0.25, 0.3) is 11.1 Å². The molecule has 0 aliphatic heterocycles. The summed E-state index contributed by atoms with van der Waals surface area (Å²) >= 11 is 0. The first-order valence-corrected chi connectivity index (χ1v) is 10.5. The van der Waals surface area contributed by atoms with Gasteiger partial charge >= 0.3 is 12.1 Å². The summed E-state index contributed by atoms with van der Waals surface area (Å²) in [5, 5.41) is 14.1. The Bertz CT molecular complexity index is 913. The number of carbonyl (C=O) groups excluding carboxylic acids is 2. The number of alkyl carbamates (subject to hydrolysis) is 1. The Labute approximate surface area is 181 Å². The number of carboxylic acids is 1. The van der Waals surface area contributed by atoms with E-state index < -0.39 is 30.1 Å². The molecule has 0 aromatic heterocycles. The molecule has 2 amide bonds. The number of ether oxygens (including phenoxy) is 1. The summed E-state index contributed by atoms with van der Waals surface area (Å²) in [6.07, 6.45) is 0.754. The summed E-state index contributed by atoms with van der Waals surface area (Å²) in [5.74, 6) is -1.57. The van der Waals surface area contributed by atoms with Gasteiger partial charge in [0.1, 0.15) is 12.6 Å². The highest BCUT2D eigenvalue weighted by Crippen LogP contribution is 2.44. The Morgan fingerprint density at radius 2 is 1.58 bits per heavy atom.